The van der Waals surface area contributed by atoms with Gasteiger partial charge in [-0.2, -0.15) is 17.5 Å². The number of aliphatic hydroxyl groups excluding tert-OH is 2. The minimum Gasteiger partial charge on any atom is -0.387 e. The van der Waals surface area contributed by atoms with Gasteiger partial charge in [-0.25, -0.2) is 24.1 Å². The molecule has 1 saturated heterocycles. The Morgan fingerprint density at radius 1 is 1.23 bits per heavy atom. The number of fused-ring (bicyclic) bond motifs is 1. The lowest BCUT2D eigenvalue weighted by molar-refractivity contribution is -0.0501. The monoisotopic (exact) mass is 511 g/mol. The Kier molecular flexibility index (Phi) is 6.71. The molecule has 0 bridgehead atoms. The summed E-state index contributed by atoms with van der Waals surface area (Å²) in [5, 5.41) is 20.4. The van der Waals surface area contributed by atoms with Gasteiger partial charge >= 0.3 is 20.1 Å². The molecule has 0 saturated carbocycles. The van der Waals surface area contributed by atoms with Gasteiger partial charge in [-0.05, 0) is 0 Å². The second-order valence-corrected chi connectivity index (χ2v) is 11.3. The van der Waals surface area contributed by atoms with Gasteiger partial charge < -0.3 is 30.5 Å². The number of phosphoric ester groups is 1. The topological polar surface area (TPSA) is 212 Å². The largest absolute Gasteiger partial charge is 0.480 e. The second kappa shape index (κ2) is 8.55. The number of aromatic nitrogens is 4. The van der Waals surface area contributed by atoms with E-state index in [0.717, 1.165) is 6.33 Å². The lowest BCUT2D eigenvalue weighted by Crippen LogP contribution is -2.33. The fraction of sp³-hybridized carbons (Fsp3) is 0.545. The zero-order valence-electron chi connectivity index (χ0n) is 14.8. The van der Waals surface area contributed by atoms with Crippen LogP contribution in [0.15, 0.2) is 12.7 Å². The van der Waals surface area contributed by atoms with Gasteiger partial charge in [0.05, 0.1) is 24.3 Å². The van der Waals surface area contributed by atoms with Crippen LogP contribution >= 0.6 is 26.0 Å². The third-order valence-corrected chi connectivity index (χ3v) is 8.30. The third kappa shape index (κ3) is 5.73. The SMILES string of the molecule is Nc1ncnc2c1ncn2[C@@H]1O[C@H](COP(=O)(O)OP(=O)(O)SC(F)(F)F)[C@@H](O)[C@H]1O. The van der Waals surface area contributed by atoms with Gasteiger partial charge in [0.2, 0.25) is 0 Å². The van der Waals surface area contributed by atoms with Crippen molar-refractivity contribution in [2.24, 2.45) is 0 Å². The first kappa shape index (κ1) is 24.3. The molecule has 6 atom stereocenters. The van der Waals surface area contributed by atoms with Crippen LogP contribution in [0.1, 0.15) is 6.23 Å². The lowest BCUT2D eigenvalue weighted by Gasteiger charge is -2.19. The molecule has 0 aromatic carbocycles. The van der Waals surface area contributed by atoms with Crippen molar-refractivity contribution in [2.75, 3.05) is 12.3 Å². The van der Waals surface area contributed by atoms with E-state index in [1.165, 1.54) is 10.9 Å². The summed E-state index contributed by atoms with van der Waals surface area (Å²) in [5.74, 6) is 0.0280. The molecule has 14 nitrogen and oxygen atoms in total. The molecular formula is C11H14F3N5O9P2S. The Labute approximate surface area is 174 Å². The number of anilines is 1. The first-order valence-corrected chi connectivity index (χ1v) is 12.4. The molecule has 31 heavy (non-hydrogen) atoms. The molecule has 2 aromatic rings. The number of alkyl halides is 3. The number of nitrogen functional groups attached to an aromatic ring is 1. The van der Waals surface area contributed by atoms with E-state index in [0.29, 0.717) is 0 Å². The summed E-state index contributed by atoms with van der Waals surface area (Å²) < 4.78 is 74.3. The van der Waals surface area contributed by atoms with Crippen LogP contribution in [0.3, 0.4) is 0 Å². The Balaban J connectivity index is 1.68. The quantitative estimate of drug-likeness (QED) is 0.321. The molecular weight excluding hydrogens is 497 g/mol. The van der Waals surface area contributed by atoms with E-state index < -0.39 is 62.7 Å². The fourth-order valence-corrected chi connectivity index (χ4v) is 6.43. The number of hydrogen-bond acceptors (Lipinski definition) is 12. The zero-order valence-corrected chi connectivity index (χ0v) is 17.4. The number of imidazole rings is 1. The van der Waals surface area contributed by atoms with Crippen molar-refractivity contribution in [1.29, 1.82) is 0 Å². The highest BCUT2D eigenvalue weighted by Gasteiger charge is 2.48. The van der Waals surface area contributed by atoms with Crippen LogP contribution in [0.25, 0.3) is 11.2 Å². The van der Waals surface area contributed by atoms with Crippen molar-refractivity contribution in [1.82, 2.24) is 19.5 Å². The standard InChI is InChI=1S/C11H14F3N5O9P2S/c12-11(13,14)31-30(24,25)28-29(22,23)26-1-4-6(20)7(21)10(27-4)19-3-18-5-8(15)16-2-17-9(5)19/h2-4,6-7,10,20-21H,1H2,(H,22,23)(H,24,25)(H2,15,16,17)/t4-,6-,7-,10-/m1/s1. The molecule has 0 radical (unpaired) electrons. The van der Waals surface area contributed by atoms with E-state index in [2.05, 4.69) is 23.8 Å². The van der Waals surface area contributed by atoms with Crippen LogP contribution in [-0.2, 0) is 22.7 Å². The summed E-state index contributed by atoms with van der Waals surface area (Å²) in [4.78, 5) is 30.1. The smallest absolute Gasteiger partial charge is 0.387 e. The van der Waals surface area contributed by atoms with Crippen LogP contribution in [0.4, 0.5) is 19.0 Å². The number of rotatable bonds is 7. The molecule has 0 spiro atoms. The highest BCUT2D eigenvalue weighted by molar-refractivity contribution is 8.55. The summed E-state index contributed by atoms with van der Waals surface area (Å²) in [5.41, 5.74) is 0.724. The van der Waals surface area contributed by atoms with Gasteiger partial charge in [-0.1, -0.05) is 0 Å². The summed E-state index contributed by atoms with van der Waals surface area (Å²) in [6.07, 6.45) is -3.84. The number of nitrogens with zero attached hydrogens (tertiary/aromatic N) is 4. The number of ether oxygens (including phenoxy) is 1. The minimum absolute atomic E-state index is 0.0280. The van der Waals surface area contributed by atoms with Crippen molar-refractivity contribution in [2.45, 2.75) is 30.0 Å². The highest BCUT2D eigenvalue weighted by atomic mass is 32.7. The molecule has 174 valence electrons. The van der Waals surface area contributed by atoms with Gasteiger partial charge in [0.1, 0.15) is 30.2 Å². The van der Waals surface area contributed by atoms with Gasteiger partial charge in [-0.15, -0.1) is 0 Å². The molecule has 1 aliphatic rings. The molecule has 0 amide bonds. The van der Waals surface area contributed by atoms with Crippen LogP contribution in [-0.4, -0.2) is 69.9 Å². The maximum atomic E-state index is 12.2. The van der Waals surface area contributed by atoms with Crippen LogP contribution in [0.2, 0.25) is 0 Å². The van der Waals surface area contributed by atoms with Crippen molar-refractivity contribution in [3.63, 3.8) is 0 Å². The molecule has 1 fully saturated rings. The van der Waals surface area contributed by atoms with E-state index in [4.69, 9.17) is 15.4 Å². The number of nitrogens with two attached hydrogens (primary N) is 1. The maximum Gasteiger partial charge on any atom is 0.480 e. The van der Waals surface area contributed by atoms with E-state index in [1.54, 1.807) is 0 Å². The molecule has 20 heteroatoms. The van der Waals surface area contributed by atoms with E-state index in [1.807, 2.05) is 0 Å². The van der Waals surface area contributed by atoms with Crippen LogP contribution < -0.4 is 5.73 Å². The number of phosphoric acid groups is 1. The van der Waals surface area contributed by atoms with E-state index in [9.17, 15) is 37.4 Å². The van der Waals surface area contributed by atoms with Crippen LogP contribution in [0.5, 0.6) is 0 Å². The van der Waals surface area contributed by atoms with Gasteiger partial charge in [0.25, 0.3) is 0 Å². The normalized spacial score (nSPS) is 28.5. The molecule has 3 rings (SSSR count). The molecule has 6 N–H and O–H groups in total. The number of halogens is 3. The lowest BCUT2D eigenvalue weighted by atomic mass is 10.1. The predicted molar refractivity (Wildman–Crippen MR) is 96.0 cm³/mol. The average molecular weight is 511 g/mol. The predicted octanol–water partition coefficient (Wildman–Crippen LogP) is 0.515. The first-order valence-electron chi connectivity index (χ1n) is 7.93. The highest BCUT2D eigenvalue weighted by Crippen LogP contribution is 2.70. The maximum absolute atomic E-state index is 12.2. The number of hydrogen-bond donors (Lipinski definition) is 5. The molecule has 2 aromatic heterocycles. The van der Waals surface area contributed by atoms with Gasteiger partial charge in [0.15, 0.2) is 17.7 Å². The number of aliphatic hydroxyl groups is 2. The van der Waals surface area contributed by atoms with Crippen LogP contribution in [0, 0.1) is 0 Å². The minimum atomic E-state index is -5.65. The van der Waals surface area contributed by atoms with E-state index in [-0.39, 0.29) is 17.0 Å². The average Bonchev–Trinajstić information content (AvgIpc) is 3.13. The third-order valence-electron chi connectivity index (χ3n) is 3.83. The van der Waals surface area contributed by atoms with Crippen molar-refractivity contribution in [3.05, 3.63) is 12.7 Å². The Hall–Kier alpha value is -1.33. The van der Waals surface area contributed by atoms with Crippen molar-refractivity contribution in [3.8, 4) is 0 Å². The Morgan fingerprint density at radius 2 is 1.90 bits per heavy atom. The summed E-state index contributed by atoms with van der Waals surface area (Å²) in [7, 11) is -5.49. The van der Waals surface area contributed by atoms with Crippen molar-refractivity contribution < 1.29 is 55.9 Å². The molecule has 1 aliphatic heterocycles. The molecule has 0 aliphatic carbocycles. The van der Waals surface area contributed by atoms with Gasteiger partial charge in [0, 0.05) is 0 Å². The first-order chi connectivity index (χ1) is 14.2. The summed E-state index contributed by atoms with van der Waals surface area (Å²) in [6, 6.07) is 0. The summed E-state index contributed by atoms with van der Waals surface area (Å²) >= 11 is -1.53. The Morgan fingerprint density at radius 3 is 2.55 bits per heavy atom. The molecule has 3 heterocycles. The zero-order chi connectivity index (χ0) is 23.2. The fourth-order valence-electron chi connectivity index (χ4n) is 2.62. The summed E-state index contributed by atoms with van der Waals surface area (Å²) in [6.45, 7) is -6.64. The Bertz CT molecular complexity index is 1060. The van der Waals surface area contributed by atoms with Crippen molar-refractivity contribution >= 4 is 43.0 Å². The van der Waals surface area contributed by atoms with Gasteiger partial charge in [-0.3, -0.25) is 9.09 Å². The molecule has 2 unspecified atom stereocenters. The van der Waals surface area contributed by atoms with E-state index >= 15 is 0 Å². The second-order valence-electron chi connectivity index (χ2n) is 5.98.